The van der Waals surface area contributed by atoms with E-state index in [0.29, 0.717) is 16.1 Å². The molecule has 23 heavy (non-hydrogen) atoms. The first-order chi connectivity index (χ1) is 11.2. The Balaban J connectivity index is 1.84. The third-order valence-corrected chi connectivity index (χ3v) is 6.06. The summed E-state index contributed by atoms with van der Waals surface area (Å²) in [5.41, 5.74) is 2.44. The lowest BCUT2D eigenvalue weighted by molar-refractivity contribution is 0.102. The Kier molecular flexibility index (Phi) is 5.04. The summed E-state index contributed by atoms with van der Waals surface area (Å²) in [6.45, 7) is 0. The number of thioether (sulfide) groups is 1. The molecule has 3 nitrogen and oxygen atoms in total. The first-order valence-electron chi connectivity index (χ1n) is 7.73. The Morgan fingerprint density at radius 2 is 1.96 bits per heavy atom. The van der Waals surface area contributed by atoms with E-state index in [2.05, 4.69) is 11.4 Å². The van der Waals surface area contributed by atoms with Crippen molar-refractivity contribution in [2.75, 3.05) is 11.6 Å². The van der Waals surface area contributed by atoms with Gasteiger partial charge in [-0.1, -0.05) is 6.42 Å². The van der Waals surface area contributed by atoms with Gasteiger partial charge in [-0.2, -0.15) is 5.26 Å². The Morgan fingerprint density at radius 3 is 2.65 bits per heavy atom. The molecule has 0 atom stereocenters. The molecule has 0 bridgehead atoms. The van der Waals surface area contributed by atoms with Crippen molar-refractivity contribution >= 4 is 34.0 Å². The van der Waals surface area contributed by atoms with Gasteiger partial charge in [-0.25, -0.2) is 0 Å². The molecular formula is C18H18N2OS2. The third-order valence-electron chi connectivity index (χ3n) is 4.11. The molecule has 0 aliphatic heterocycles. The number of nitrogens with one attached hydrogen (secondary N) is 1. The lowest BCUT2D eigenvalue weighted by Gasteiger charge is -2.05. The van der Waals surface area contributed by atoms with Gasteiger partial charge in [0, 0.05) is 15.3 Å². The topological polar surface area (TPSA) is 52.9 Å². The fourth-order valence-corrected chi connectivity index (χ4v) is 4.51. The number of benzene rings is 1. The van der Waals surface area contributed by atoms with Crippen LogP contribution < -0.4 is 5.32 Å². The maximum absolute atomic E-state index is 12.4. The van der Waals surface area contributed by atoms with Gasteiger partial charge in [0.1, 0.15) is 11.1 Å². The van der Waals surface area contributed by atoms with E-state index in [9.17, 15) is 10.1 Å². The van der Waals surface area contributed by atoms with Crippen LogP contribution in [0.3, 0.4) is 0 Å². The number of amides is 1. The van der Waals surface area contributed by atoms with Gasteiger partial charge >= 0.3 is 0 Å². The van der Waals surface area contributed by atoms with E-state index in [4.69, 9.17) is 0 Å². The number of nitriles is 1. The Bertz CT molecular complexity index is 757. The number of carbonyl (C=O) groups excluding carboxylic acids is 1. The summed E-state index contributed by atoms with van der Waals surface area (Å²) in [6, 6.07) is 9.83. The summed E-state index contributed by atoms with van der Waals surface area (Å²) >= 11 is 3.22. The Hall–Kier alpha value is -1.77. The highest BCUT2D eigenvalue weighted by molar-refractivity contribution is 7.98. The highest BCUT2D eigenvalue weighted by Gasteiger charge is 2.21. The van der Waals surface area contributed by atoms with E-state index in [1.165, 1.54) is 17.7 Å². The van der Waals surface area contributed by atoms with Crippen molar-refractivity contribution in [1.29, 1.82) is 5.26 Å². The predicted molar refractivity (Wildman–Crippen MR) is 96.5 cm³/mol. The molecule has 1 N–H and O–H groups in total. The fourth-order valence-electron chi connectivity index (χ4n) is 2.87. The smallest absolute Gasteiger partial charge is 0.256 e. The third kappa shape index (κ3) is 3.44. The summed E-state index contributed by atoms with van der Waals surface area (Å²) in [6.07, 6.45) is 7.49. The van der Waals surface area contributed by atoms with Gasteiger partial charge in [-0.3, -0.25) is 4.79 Å². The second kappa shape index (κ2) is 7.20. The maximum Gasteiger partial charge on any atom is 0.256 e. The zero-order valence-electron chi connectivity index (χ0n) is 13.0. The number of anilines is 1. The molecule has 0 radical (unpaired) electrons. The van der Waals surface area contributed by atoms with Gasteiger partial charge < -0.3 is 5.32 Å². The van der Waals surface area contributed by atoms with Crippen molar-refractivity contribution < 1.29 is 4.79 Å². The van der Waals surface area contributed by atoms with Gasteiger partial charge in [-0.15, -0.1) is 23.1 Å². The molecule has 1 amide bonds. The molecule has 118 valence electrons. The van der Waals surface area contributed by atoms with Crippen molar-refractivity contribution in [2.24, 2.45) is 0 Å². The van der Waals surface area contributed by atoms with Crippen LogP contribution >= 0.6 is 23.1 Å². The molecule has 3 rings (SSSR count). The average Bonchev–Trinajstić information content (AvgIpc) is 2.74. The van der Waals surface area contributed by atoms with Crippen LogP contribution in [0.2, 0.25) is 0 Å². The Labute approximate surface area is 144 Å². The van der Waals surface area contributed by atoms with Crippen molar-refractivity contribution in [2.45, 2.75) is 37.0 Å². The van der Waals surface area contributed by atoms with Crippen LogP contribution in [0.4, 0.5) is 5.00 Å². The minimum Gasteiger partial charge on any atom is -0.312 e. The number of thiophene rings is 1. The Morgan fingerprint density at radius 1 is 1.22 bits per heavy atom. The molecule has 0 spiro atoms. The molecule has 1 aromatic heterocycles. The average molecular weight is 342 g/mol. The number of carbonyl (C=O) groups is 1. The van der Waals surface area contributed by atoms with E-state index in [1.807, 2.05) is 30.5 Å². The van der Waals surface area contributed by atoms with E-state index < -0.39 is 0 Å². The zero-order valence-corrected chi connectivity index (χ0v) is 14.6. The number of nitrogens with zero attached hydrogens (tertiary/aromatic N) is 1. The second-order valence-corrected chi connectivity index (χ2v) is 7.55. The highest BCUT2D eigenvalue weighted by atomic mass is 32.2. The molecule has 5 heteroatoms. The number of aryl methyl sites for hydroxylation is 1. The highest BCUT2D eigenvalue weighted by Crippen LogP contribution is 2.37. The molecule has 0 unspecified atom stereocenters. The van der Waals surface area contributed by atoms with Crippen molar-refractivity contribution in [3.05, 3.63) is 45.8 Å². The number of rotatable bonds is 3. The number of hydrogen-bond donors (Lipinski definition) is 1. The summed E-state index contributed by atoms with van der Waals surface area (Å²) in [4.78, 5) is 14.8. The lowest BCUT2D eigenvalue weighted by atomic mass is 10.1. The number of fused-ring (bicyclic) bond motifs is 1. The molecule has 0 fully saturated rings. The van der Waals surface area contributed by atoms with Gasteiger partial charge in [0.15, 0.2) is 0 Å². The molecule has 1 heterocycles. The summed E-state index contributed by atoms with van der Waals surface area (Å²) in [7, 11) is 0. The largest absolute Gasteiger partial charge is 0.312 e. The molecule has 1 aromatic carbocycles. The van der Waals surface area contributed by atoms with E-state index in [0.717, 1.165) is 29.7 Å². The predicted octanol–water partition coefficient (Wildman–Crippen LogP) is 4.86. The summed E-state index contributed by atoms with van der Waals surface area (Å²) in [5, 5.41) is 13.2. The van der Waals surface area contributed by atoms with Crippen LogP contribution in [0.1, 0.15) is 45.6 Å². The van der Waals surface area contributed by atoms with Gasteiger partial charge in [0.2, 0.25) is 0 Å². The van der Waals surface area contributed by atoms with Crippen molar-refractivity contribution in [3.8, 4) is 6.07 Å². The van der Waals surface area contributed by atoms with Gasteiger partial charge in [-0.05, 0) is 61.8 Å². The van der Waals surface area contributed by atoms with Gasteiger partial charge in [0.05, 0.1) is 5.56 Å². The first kappa shape index (κ1) is 16.1. The minimum absolute atomic E-state index is 0.148. The monoisotopic (exact) mass is 342 g/mol. The first-order valence-corrected chi connectivity index (χ1v) is 9.77. The standard InChI is InChI=1S/C18H18N2OS2/c1-22-13-9-7-12(8-10-13)17(21)20-18-15(11-19)14-5-3-2-4-6-16(14)23-18/h7-10H,2-6H2,1H3,(H,20,21). The summed E-state index contributed by atoms with van der Waals surface area (Å²) < 4.78 is 0. The molecule has 2 aromatic rings. The van der Waals surface area contributed by atoms with Crippen LogP contribution in [0.5, 0.6) is 0 Å². The molecule has 0 saturated heterocycles. The van der Waals surface area contributed by atoms with Gasteiger partial charge in [0.25, 0.3) is 5.91 Å². The minimum atomic E-state index is -0.148. The SMILES string of the molecule is CSc1ccc(C(=O)Nc2sc3c(c2C#N)CCCCC3)cc1. The van der Waals surface area contributed by atoms with Crippen LogP contribution in [0.15, 0.2) is 29.2 Å². The lowest BCUT2D eigenvalue weighted by Crippen LogP contribution is -2.11. The molecule has 1 aliphatic rings. The molecular weight excluding hydrogens is 324 g/mol. The quantitative estimate of drug-likeness (QED) is 0.640. The van der Waals surface area contributed by atoms with Crippen LogP contribution in [0, 0.1) is 11.3 Å². The maximum atomic E-state index is 12.4. The van der Waals surface area contributed by atoms with E-state index in [-0.39, 0.29) is 5.91 Å². The normalized spacial score (nSPS) is 13.7. The van der Waals surface area contributed by atoms with Crippen LogP contribution in [-0.4, -0.2) is 12.2 Å². The fraction of sp³-hybridized carbons (Fsp3) is 0.333. The van der Waals surface area contributed by atoms with E-state index in [1.54, 1.807) is 23.1 Å². The van der Waals surface area contributed by atoms with Crippen LogP contribution in [0.25, 0.3) is 0 Å². The van der Waals surface area contributed by atoms with Crippen molar-refractivity contribution in [1.82, 2.24) is 0 Å². The number of hydrogen-bond acceptors (Lipinski definition) is 4. The molecule has 1 aliphatic carbocycles. The molecule has 0 saturated carbocycles. The zero-order chi connectivity index (χ0) is 16.2. The van der Waals surface area contributed by atoms with Crippen LogP contribution in [-0.2, 0) is 12.8 Å². The summed E-state index contributed by atoms with van der Waals surface area (Å²) in [5.74, 6) is -0.148. The van der Waals surface area contributed by atoms with Crippen molar-refractivity contribution in [3.63, 3.8) is 0 Å². The van der Waals surface area contributed by atoms with E-state index >= 15 is 0 Å². The second-order valence-electron chi connectivity index (χ2n) is 5.56.